The Balaban J connectivity index is 2.23. The second kappa shape index (κ2) is 5.88. The van der Waals surface area contributed by atoms with Crippen molar-refractivity contribution >= 4 is 33.0 Å². The maximum Gasteiger partial charge on any atom is 0.282 e. The van der Waals surface area contributed by atoms with Gasteiger partial charge in [-0.25, -0.2) is 9.67 Å². The zero-order valence-electron chi connectivity index (χ0n) is 12.8. The Kier molecular flexibility index (Phi) is 4.53. The van der Waals surface area contributed by atoms with Gasteiger partial charge in [0.2, 0.25) is 0 Å². The molecule has 0 saturated heterocycles. The zero-order chi connectivity index (χ0) is 15.8. The minimum absolute atomic E-state index is 0.0105. The highest BCUT2D eigenvalue weighted by Crippen LogP contribution is 2.29. The Morgan fingerprint density at radius 3 is 2.67 bits per heavy atom. The highest BCUT2D eigenvalue weighted by molar-refractivity contribution is 9.10. The van der Waals surface area contributed by atoms with E-state index in [9.17, 15) is 4.79 Å². The number of aromatic nitrogens is 3. The van der Waals surface area contributed by atoms with E-state index in [1.807, 2.05) is 6.92 Å². The molecular formula is C14H19BrN4OS. The zero-order valence-corrected chi connectivity index (χ0v) is 15.2. The molecule has 1 atom stereocenters. The first-order valence-electron chi connectivity index (χ1n) is 6.64. The summed E-state index contributed by atoms with van der Waals surface area (Å²) in [6.07, 6.45) is 1.64. The molecule has 1 N–H and O–H groups in total. The summed E-state index contributed by atoms with van der Waals surface area (Å²) in [7, 11) is 1.62. The van der Waals surface area contributed by atoms with Crippen LogP contribution in [0.4, 0.5) is 5.69 Å². The molecule has 0 aliphatic heterocycles. The third kappa shape index (κ3) is 3.52. The second-order valence-corrected chi connectivity index (χ2v) is 7.67. The van der Waals surface area contributed by atoms with Gasteiger partial charge in [0.15, 0.2) is 0 Å². The third-order valence-electron chi connectivity index (χ3n) is 3.11. The van der Waals surface area contributed by atoms with Gasteiger partial charge in [-0.05, 0) is 22.9 Å². The monoisotopic (exact) mass is 370 g/mol. The molecule has 0 aliphatic rings. The topological polar surface area (TPSA) is 59.8 Å². The van der Waals surface area contributed by atoms with Crippen LogP contribution < -0.4 is 10.9 Å². The fourth-order valence-electron chi connectivity index (χ4n) is 1.74. The van der Waals surface area contributed by atoms with E-state index in [1.165, 1.54) is 4.68 Å². The first kappa shape index (κ1) is 16.2. The lowest BCUT2D eigenvalue weighted by molar-refractivity contribution is 0.569. The number of anilines is 1. The van der Waals surface area contributed by atoms with Crippen molar-refractivity contribution < 1.29 is 0 Å². The van der Waals surface area contributed by atoms with Gasteiger partial charge in [0.05, 0.1) is 23.6 Å². The summed E-state index contributed by atoms with van der Waals surface area (Å²) in [5.74, 6) is 0. The Morgan fingerprint density at radius 2 is 2.10 bits per heavy atom. The molecule has 7 heteroatoms. The fourth-order valence-corrected chi connectivity index (χ4v) is 3.26. The van der Waals surface area contributed by atoms with Crippen molar-refractivity contribution in [3.05, 3.63) is 37.1 Å². The lowest BCUT2D eigenvalue weighted by atomic mass is 9.93. The van der Waals surface area contributed by atoms with Crippen LogP contribution in [0.2, 0.25) is 0 Å². The molecule has 2 aromatic rings. The summed E-state index contributed by atoms with van der Waals surface area (Å²) in [5.41, 5.74) is 1.64. The summed E-state index contributed by atoms with van der Waals surface area (Å²) in [6, 6.07) is 0.0105. The van der Waals surface area contributed by atoms with Crippen molar-refractivity contribution in [2.75, 3.05) is 5.32 Å². The molecule has 0 amide bonds. The SMILES string of the molecule is CC(Nc1cnn(C)c(=O)c1Br)c1nc(C(C)(C)C)cs1. The number of hydrogen-bond donors (Lipinski definition) is 1. The van der Waals surface area contributed by atoms with Crippen molar-refractivity contribution in [2.45, 2.75) is 39.2 Å². The van der Waals surface area contributed by atoms with Crippen molar-refractivity contribution in [3.8, 4) is 0 Å². The molecular weight excluding hydrogens is 352 g/mol. The molecule has 0 spiro atoms. The van der Waals surface area contributed by atoms with Crippen LogP contribution in [-0.2, 0) is 12.5 Å². The summed E-state index contributed by atoms with van der Waals surface area (Å²) >= 11 is 4.94. The molecule has 0 radical (unpaired) electrons. The van der Waals surface area contributed by atoms with E-state index in [4.69, 9.17) is 0 Å². The lowest BCUT2D eigenvalue weighted by Gasteiger charge is -2.16. The molecule has 2 rings (SSSR count). The molecule has 0 aliphatic carbocycles. The Bertz CT molecular complexity index is 702. The number of rotatable bonds is 3. The molecule has 1 unspecified atom stereocenters. The van der Waals surface area contributed by atoms with Crippen LogP contribution in [0, 0.1) is 0 Å². The van der Waals surface area contributed by atoms with Gasteiger partial charge in [0.1, 0.15) is 9.48 Å². The first-order chi connectivity index (χ1) is 9.70. The van der Waals surface area contributed by atoms with Crippen molar-refractivity contribution in [1.29, 1.82) is 0 Å². The maximum atomic E-state index is 11.8. The van der Waals surface area contributed by atoms with Crippen LogP contribution >= 0.6 is 27.3 Å². The molecule has 0 aromatic carbocycles. The summed E-state index contributed by atoms with van der Waals surface area (Å²) < 4.78 is 1.78. The summed E-state index contributed by atoms with van der Waals surface area (Å²) in [5, 5.41) is 10.4. The van der Waals surface area contributed by atoms with E-state index in [0.29, 0.717) is 10.2 Å². The molecule has 0 saturated carbocycles. The molecule has 5 nitrogen and oxygen atoms in total. The van der Waals surface area contributed by atoms with Crippen LogP contribution in [0.1, 0.15) is 44.4 Å². The van der Waals surface area contributed by atoms with Crippen molar-refractivity contribution in [2.24, 2.45) is 7.05 Å². The van der Waals surface area contributed by atoms with Crippen molar-refractivity contribution in [3.63, 3.8) is 0 Å². The molecule has 2 aromatic heterocycles. The first-order valence-corrected chi connectivity index (χ1v) is 8.31. The van der Waals surface area contributed by atoms with Crippen LogP contribution in [0.5, 0.6) is 0 Å². The van der Waals surface area contributed by atoms with E-state index in [2.05, 4.69) is 57.5 Å². The predicted octanol–water partition coefficient (Wildman–Crippen LogP) is 3.47. The van der Waals surface area contributed by atoms with E-state index in [-0.39, 0.29) is 17.0 Å². The molecule has 114 valence electrons. The van der Waals surface area contributed by atoms with Gasteiger partial charge < -0.3 is 5.32 Å². The van der Waals surface area contributed by atoms with Crippen LogP contribution in [0.3, 0.4) is 0 Å². The fraction of sp³-hybridized carbons (Fsp3) is 0.500. The van der Waals surface area contributed by atoms with Crippen LogP contribution in [0.25, 0.3) is 0 Å². The quantitative estimate of drug-likeness (QED) is 0.898. The van der Waals surface area contributed by atoms with Gasteiger partial charge in [-0.1, -0.05) is 20.8 Å². The summed E-state index contributed by atoms with van der Waals surface area (Å²) in [6.45, 7) is 8.46. The Labute approximate surface area is 136 Å². The van der Waals surface area contributed by atoms with Gasteiger partial charge in [0.25, 0.3) is 5.56 Å². The van der Waals surface area contributed by atoms with Crippen LogP contribution in [-0.4, -0.2) is 14.8 Å². The highest BCUT2D eigenvalue weighted by Gasteiger charge is 2.20. The number of hydrogen-bond acceptors (Lipinski definition) is 5. The number of thiazole rings is 1. The number of nitrogens with zero attached hydrogens (tertiary/aromatic N) is 3. The summed E-state index contributed by atoms with van der Waals surface area (Å²) in [4.78, 5) is 16.5. The average Bonchev–Trinajstić information content (AvgIpc) is 2.89. The molecule has 2 heterocycles. The van der Waals surface area contributed by atoms with Gasteiger partial charge in [0, 0.05) is 17.8 Å². The Morgan fingerprint density at radius 1 is 1.43 bits per heavy atom. The maximum absolute atomic E-state index is 11.8. The van der Waals surface area contributed by atoms with Gasteiger partial charge in [-0.15, -0.1) is 11.3 Å². The number of nitrogens with one attached hydrogen (secondary N) is 1. The van der Waals surface area contributed by atoms with E-state index < -0.39 is 0 Å². The standard InChI is InChI=1S/C14H19BrN4OS/c1-8(12-18-10(7-21-12)14(2,3)4)17-9-6-16-19(5)13(20)11(9)15/h6-8,17H,1-5H3. The van der Waals surface area contributed by atoms with Crippen molar-refractivity contribution in [1.82, 2.24) is 14.8 Å². The predicted molar refractivity (Wildman–Crippen MR) is 90.0 cm³/mol. The van der Waals surface area contributed by atoms with Gasteiger partial charge >= 0.3 is 0 Å². The van der Waals surface area contributed by atoms with Gasteiger partial charge in [-0.3, -0.25) is 4.79 Å². The molecule has 0 bridgehead atoms. The third-order valence-corrected chi connectivity index (χ3v) is 4.90. The Hall–Kier alpha value is -1.21. The highest BCUT2D eigenvalue weighted by atomic mass is 79.9. The van der Waals surface area contributed by atoms with E-state index >= 15 is 0 Å². The number of aryl methyl sites for hydroxylation is 1. The molecule has 21 heavy (non-hydrogen) atoms. The van der Waals surface area contributed by atoms with E-state index in [0.717, 1.165) is 10.7 Å². The minimum Gasteiger partial charge on any atom is -0.374 e. The van der Waals surface area contributed by atoms with Crippen LogP contribution in [0.15, 0.2) is 20.8 Å². The number of halogens is 1. The molecule has 0 fully saturated rings. The van der Waals surface area contributed by atoms with Gasteiger partial charge in [-0.2, -0.15) is 5.10 Å². The normalized spacial score (nSPS) is 13.2. The largest absolute Gasteiger partial charge is 0.374 e. The smallest absolute Gasteiger partial charge is 0.282 e. The lowest BCUT2D eigenvalue weighted by Crippen LogP contribution is -2.22. The minimum atomic E-state index is -0.165. The van der Waals surface area contributed by atoms with E-state index in [1.54, 1.807) is 24.6 Å². The second-order valence-electron chi connectivity index (χ2n) is 5.99. The average molecular weight is 371 g/mol.